The molecule has 0 aromatic heterocycles. The van der Waals surface area contributed by atoms with Crippen molar-refractivity contribution in [3.05, 3.63) is 30.1 Å². The van der Waals surface area contributed by atoms with Crippen LogP contribution in [-0.4, -0.2) is 46.9 Å². The summed E-state index contributed by atoms with van der Waals surface area (Å²) in [6.45, 7) is 4.52. The van der Waals surface area contributed by atoms with Crippen LogP contribution in [0.15, 0.2) is 29.3 Å². The molecular formula is C20H33FIN3O2S. The van der Waals surface area contributed by atoms with Gasteiger partial charge in [-0.1, -0.05) is 32.4 Å². The first-order valence-electron chi connectivity index (χ1n) is 9.82. The van der Waals surface area contributed by atoms with E-state index in [1.807, 2.05) is 13.8 Å². The van der Waals surface area contributed by atoms with Gasteiger partial charge in [0.2, 0.25) is 0 Å². The van der Waals surface area contributed by atoms with Crippen LogP contribution < -0.4 is 15.4 Å². The van der Waals surface area contributed by atoms with Gasteiger partial charge >= 0.3 is 0 Å². The van der Waals surface area contributed by atoms with Crippen molar-refractivity contribution in [3.63, 3.8) is 0 Å². The summed E-state index contributed by atoms with van der Waals surface area (Å²) in [4.78, 5) is 4.29. The van der Waals surface area contributed by atoms with E-state index in [4.69, 9.17) is 4.74 Å². The summed E-state index contributed by atoms with van der Waals surface area (Å²) in [6, 6.07) is 6.73. The Hall–Kier alpha value is -0.900. The van der Waals surface area contributed by atoms with Gasteiger partial charge in [0, 0.05) is 34.9 Å². The highest BCUT2D eigenvalue weighted by molar-refractivity contribution is 14.0. The van der Waals surface area contributed by atoms with E-state index in [2.05, 4.69) is 15.6 Å². The number of rotatable bonds is 8. The van der Waals surface area contributed by atoms with E-state index in [9.17, 15) is 8.60 Å². The second-order valence-corrected chi connectivity index (χ2v) is 8.84. The van der Waals surface area contributed by atoms with Crippen LogP contribution >= 0.6 is 24.0 Å². The zero-order chi connectivity index (χ0) is 19.6. The van der Waals surface area contributed by atoms with Gasteiger partial charge in [0.25, 0.3) is 0 Å². The summed E-state index contributed by atoms with van der Waals surface area (Å²) < 4.78 is 31.7. The minimum atomic E-state index is -0.744. The molecule has 0 aliphatic heterocycles. The predicted octanol–water partition coefficient (Wildman–Crippen LogP) is 3.85. The lowest BCUT2D eigenvalue weighted by atomic mass is 9.95. The highest BCUT2D eigenvalue weighted by Gasteiger charge is 2.26. The summed E-state index contributed by atoms with van der Waals surface area (Å²) in [5, 5.41) is 7.00. The van der Waals surface area contributed by atoms with Crippen molar-refractivity contribution in [1.82, 2.24) is 10.6 Å². The van der Waals surface area contributed by atoms with Crippen LogP contribution in [0.5, 0.6) is 5.75 Å². The Balaban J connectivity index is 0.00000392. The molecule has 4 atom stereocenters. The third-order valence-corrected chi connectivity index (χ3v) is 6.67. The fourth-order valence-corrected chi connectivity index (χ4v) is 4.69. The number of aliphatic imine (C=N–C) groups is 1. The molecule has 0 spiro atoms. The smallest absolute Gasteiger partial charge is 0.191 e. The normalized spacial score (nSPS) is 21.9. The molecule has 0 bridgehead atoms. The number of hydrogen-bond acceptors (Lipinski definition) is 3. The van der Waals surface area contributed by atoms with Crippen molar-refractivity contribution in [1.29, 1.82) is 0 Å². The molecule has 1 aliphatic rings. The first-order chi connectivity index (χ1) is 13.1. The van der Waals surface area contributed by atoms with Crippen LogP contribution in [0, 0.1) is 5.82 Å². The zero-order valence-electron chi connectivity index (χ0n) is 16.9. The van der Waals surface area contributed by atoms with Gasteiger partial charge < -0.3 is 15.4 Å². The Bertz CT molecular complexity index is 648. The third kappa shape index (κ3) is 7.85. The average Bonchev–Trinajstić information content (AvgIpc) is 2.70. The number of guanidine groups is 1. The van der Waals surface area contributed by atoms with Crippen molar-refractivity contribution >= 4 is 40.7 Å². The summed E-state index contributed by atoms with van der Waals surface area (Å²) in [5.41, 5.74) is 0. The van der Waals surface area contributed by atoms with Crippen molar-refractivity contribution < 1.29 is 13.3 Å². The molecule has 160 valence electrons. The maximum atomic E-state index is 13.8. The predicted molar refractivity (Wildman–Crippen MR) is 126 cm³/mol. The molecule has 0 amide bonds. The van der Waals surface area contributed by atoms with Crippen LogP contribution in [0.2, 0.25) is 0 Å². The summed E-state index contributed by atoms with van der Waals surface area (Å²) in [6.07, 6.45) is 4.68. The molecule has 2 rings (SSSR count). The number of ether oxygens (including phenoxy) is 1. The Labute approximate surface area is 187 Å². The quantitative estimate of drug-likeness (QED) is 0.308. The van der Waals surface area contributed by atoms with Crippen molar-refractivity contribution in [3.8, 4) is 5.75 Å². The number of halogens is 2. The monoisotopic (exact) mass is 525 g/mol. The van der Waals surface area contributed by atoms with Crippen molar-refractivity contribution in [2.75, 3.05) is 19.3 Å². The van der Waals surface area contributed by atoms with Crippen LogP contribution in [0.1, 0.15) is 46.0 Å². The zero-order valence-corrected chi connectivity index (χ0v) is 20.1. The highest BCUT2D eigenvalue weighted by atomic mass is 127. The second kappa shape index (κ2) is 13.3. The SMILES string of the molecule is CCC(CNC(=NC)NC1CCCC(S(=O)CC)C1)Oc1ccccc1F.I. The molecule has 5 nitrogen and oxygen atoms in total. The molecule has 0 radical (unpaired) electrons. The second-order valence-electron chi connectivity index (χ2n) is 6.83. The van der Waals surface area contributed by atoms with Gasteiger partial charge in [0.15, 0.2) is 17.5 Å². The van der Waals surface area contributed by atoms with Gasteiger partial charge in [-0.3, -0.25) is 9.20 Å². The Kier molecular flexibility index (Phi) is 12.0. The van der Waals surface area contributed by atoms with Gasteiger partial charge in [-0.25, -0.2) is 4.39 Å². The molecule has 1 aromatic rings. The Morgan fingerprint density at radius 2 is 2.11 bits per heavy atom. The van der Waals surface area contributed by atoms with Gasteiger partial charge in [-0.15, -0.1) is 24.0 Å². The Morgan fingerprint density at radius 1 is 1.36 bits per heavy atom. The minimum Gasteiger partial charge on any atom is -0.486 e. The van der Waals surface area contributed by atoms with Gasteiger partial charge in [0.1, 0.15) is 6.10 Å². The molecule has 0 heterocycles. The molecule has 1 saturated carbocycles. The summed E-state index contributed by atoms with van der Waals surface area (Å²) in [7, 11) is 0.991. The fraction of sp³-hybridized carbons (Fsp3) is 0.650. The third-order valence-electron chi connectivity index (χ3n) is 4.93. The van der Waals surface area contributed by atoms with Crippen LogP contribution in [-0.2, 0) is 10.8 Å². The van der Waals surface area contributed by atoms with E-state index in [0.717, 1.165) is 37.9 Å². The summed E-state index contributed by atoms with van der Waals surface area (Å²) >= 11 is 0. The minimum absolute atomic E-state index is 0. The molecule has 4 unspecified atom stereocenters. The maximum Gasteiger partial charge on any atom is 0.191 e. The van der Waals surface area contributed by atoms with E-state index in [1.165, 1.54) is 6.07 Å². The average molecular weight is 525 g/mol. The first kappa shape index (κ1) is 25.1. The van der Waals surface area contributed by atoms with Gasteiger partial charge in [-0.05, 0) is 37.8 Å². The molecular weight excluding hydrogens is 492 g/mol. The number of para-hydroxylation sites is 1. The number of hydrogen-bond donors (Lipinski definition) is 2. The van der Waals surface area contributed by atoms with Gasteiger partial charge in [0.05, 0.1) is 6.54 Å². The first-order valence-corrected chi connectivity index (χ1v) is 11.2. The largest absolute Gasteiger partial charge is 0.486 e. The van der Waals surface area contributed by atoms with Crippen LogP contribution in [0.25, 0.3) is 0 Å². The van der Waals surface area contributed by atoms with E-state index < -0.39 is 10.8 Å². The number of nitrogens with one attached hydrogen (secondary N) is 2. The van der Waals surface area contributed by atoms with Crippen molar-refractivity contribution in [2.45, 2.75) is 63.3 Å². The lowest BCUT2D eigenvalue weighted by molar-refractivity contribution is 0.191. The van der Waals surface area contributed by atoms with Crippen molar-refractivity contribution in [2.24, 2.45) is 4.99 Å². The molecule has 1 aliphatic carbocycles. The van der Waals surface area contributed by atoms with E-state index in [-0.39, 0.29) is 52.9 Å². The number of nitrogens with zero attached hydrogens (tertiary/aromatic N) is 1. The fourth-order valence-electron chi connectivity index (χ4n) is 3.34. The molecule has 1 aromatic carbocycles. The van der Waals surface area contributed by atoms with Gasteiger partial charge in [-0.2, -0.15) is 0 Å². The Morgan fingerprint density at radius 3 is 2.75 bits per heavy atom. The van der Waals surface area contributed by atoms with Crippen LogP contribution in [0.4, 0.5) is 4.39 Å². The molecule has 28 heavy (non-hydrogen) atoms. The molecule has 0 saturated heterocycles. The topological polar surface area (TPSA) is 62.7 Å². The lowest BCUT2D eigenvalue weighted by Crippen LogP contribution is -2.48. The standard InChI is InChI=1S/C20H32FN3O2S.HI/c1-4-16(26-19-12-7-6-11-18(19)21)14-23-20(22-3)24-15-9-8-10-17(13-15)27(25)5-2;/h6-7,11-12,15-17H,4-5,8-10,13-14H2,1-3H3,(H2,22,23,24);1H. The number of benzene rings is 1. The molecule has 2 N–H and O–H groups in total. The summed E-state index contributed by atoms with van der Waals surface area (Å²) in [5.74, 6) is 1.34. The highest BCUT2D eigenvalue weighted by Crippen LogP contribution is 2.23. The van der Waals surface area contributed by atoms with E-state index in [0.29, 0.717) is 12.5 Å². The maximum absolute atomic E-state index is 13.8. The van der Waals surface area contributed by atoms with Crippen LogP contribution in [0.3, 0.4) is 0 Å². The molecule has 8 heteroatoms. The lowest BCUT2D eigenvalue weighted by Gasteiger charge is -2.30. The van der Waals surface area contributed by atoms with E-state index in [1.54, 1.807) is 25.2 Å². The van der Waals surface area contributed by atoms with E-state index >= 15 is 0 Å². The molecule has 1 fully saturated rings.